The van der Waals surface area contributed by atoms with Gasteiger partial charge < -0.3 is 15.7 Å². The van der Waals surface area contributed by atoms with Crippen LogP contribution in [-0.2, 0) is 0 Å². The smallest absolute Gasteiger partial charge is 0.314 e. The number of rotatable bonds is 8. The maximum Gasteiger partial charge on any atom is 0.314 e. The molecule has 112 valence electrons. The maximum absolute atomic E-state index is 11.6. The summed E-state index contributed by atoms with van der Waals surface area (Å²) in [5.41, 5.74) is 0.881. The van der Waals surface area contributed by atoms with Crippen LogP contribution >= 0.6 is 0 Å². The Labute approximate surface area is 121 Å². The Morgan fingerprint density at radius 3 is 2.40 bits per heavy atom. The summed E-state index contributed by atoms with van der Waals surface area (Å²) in [7, 11) is 0. The number of hydrogen-bond acceptors (Lipinski definition) is 2. The molecule has 0 saturated heterocycles. The number of urea groups is 1. The summed E-state index contributed by atoms with van der Waals surface area (Å²) in [6.07, 6.45) is 2.13. The minimum atomic E-state index is -0.532. The Morgan fingerprint density at radius 1 is 1.15 bits per heavy atom. The first kappa shape index (κ1) is 16.5. The highest BCUT2D eigenvalue weighted by Crippen LogP contribution is 2.14. The average molecular weight is 278 g/mol. The third-order valence-corrected chi connectivity index (χ3v) is 3.59. The largest absolute Gasteiger partial charge is 0.388 e. The van der Waals surface area contributed by atoms with Crippen molar-refractivity contribution in [1.82, 2.24) is 10.6 Å². The van der Waals surface area contributed by atoms with Gasteiger partial charge in [0.2, 0.25) is 0 Å². The van der Waals surface area contributed by atoms with Gasteiger partial charge in [-0.25, -0.2) is 4.79 Å². The van der Waals surface area contributed by atoms with Crippen LogP contribution in [0.25, 0.3) is 0 Å². The average Bonchev–Trinajstić information content (AvgIpc) is 2.49. The third kappa shape index (κ3) is 6.06. The third-order valence-electron chi connectivity index (χ3n) is 3.59. The van der Waals surface area contributed by atoms with E-state index < -0.39 is 6.10 Å². The lowest BCUT2D eigenvalue weighted by Gasteiger charge is -2.15. The molecule has 0 radical (unpaired) electrons. The van der Waals surface area contributed by atoms with Crippen molar-refractivity contribution in [3.8, 4) is 0 Å². The molecule has 1 atom stereocenters. The van der Waals surface area contributed by atoms with Gasteiger partial charge in [-0.15, -0.1) is 0 Å². The van der Waals surface area contributed by atoms with Gasteiger partial charge >= 0.3 is 6.03 Å². The first-order chi connectivity index (χ1) is 9.67. The Morgan fingerprint density at radius 2 is 1.80 bits per heavy atom. The second-order valence-corrected chi connectivity index (χ2v) is 5.03. The molecular formula is C16H26N2O2. The minimum Gasteiger partial charge on any atom is -0.388 e. The van der Waals surface area contributed by atoms with E-state index in [1.54, 1.807) is 0 Å². The van der Waals surface area contributed by atoms with E-state index in [1.165, 1.54) is 0 Å². The van der Waals surface area contributed by atoms with Crippen LogP contribution in [0.2, 0.25) is 0 Å². The quantitative estimate of drug-likeness (QED) is 0.684. The molecule has 4 nitrogen and oxygen atoms in total. The van der Waals surface area contributed by atoms with Gasteiger partial charge in [-0.05, 0) is 17.9 Å². The molecule has 2 amide bonds. The van der Waals surface area contributed by atoms with Crippen molar-refractivity contribution in [2.24, 2.45) is 5.92 Å². The summed E-state index contributed by atoms with van der Waals surface area (Å²) in [6, 6.07) is 9.33. The summed E-state index contributed by atoms with van der Waals surface area (Å²) in [6.45, 7) is 5.43. The van der Waals surface area contributed by atoms with E-state index in [0.717, 1.165) is 18.4 Å². The standard InChI is InChI=1S/C16H26N2O2/c1-3-13(4-2)12-18-16(20)17-11-10-15(19)14-8-6-5-7-9-14/h5-9,13,15,19H,3-4,10-12H2,1-2H3,(H2,17,18,20). The van der Waals surface area contributed by atoms with Crippen molar-refractivity contribution >= 4 is 6.03 Å². The van der Waals surface area contributed by atoms with Gasteiger partial charge in [0.15, 0.2) is 0 Å². The fourth-order valence-electron chi connectivity index (χ4n) is 2.04. The van der Waals surface area contributed by atoms with E-state index in [-0.39, 0.29) is 6.03 Å². The predicted molar refractivity (Wildman–Crippen MR) is 81.5 cm³/mol. The highest BCUT2D eigenvalue weighted by molar-refractivity contribution is 5.73. The fraction of sp³-hybridized carbons (Fsp3) is 0.562. The molecule has 1 aromatic carbocycles. The molecule has 0 aliphatic rings. The van der Waals surface area contributed by atoms with Gasteiger partial charge in [-0.3, -0.25) is 0 Å². The first-order valence-corrected chi connectivity index (χ1v) is 7.42. The van der Waals surface area contributed by atoms with Crippen LogP contribution in [0.3, 0.4) is 0 Å². The minimum absolute atomic E-state index is 0.155. The molecule has 0 saturated carbocycles. The highest BCUT2D eigenvalue weighted by atomic mass is 16.3. The van der Waals surface area contributed by atoms with Gasteiger partial charge in [0.1, 0.15) is 0 Å². The molecule has 0 aliphatic heterocycles. The SMILES string of the molecule is CCC(CC)CNC(=O)NCCC(O)c1ccccc1. The number of amides is 2. The second-order valence-electron chi connectivity index (χ2n) is 5.03. The summed E-state index contributed by atoms with van der Waals surface area (Å²) >= 11 is 0. The monoisotopic (exact) mass is 278 g/mol. The van der Waals surface area contributed by atoms with E-state index in [4.69, 9.17) is 0 Å². The van der Waals surface area contributed by atoms with E-state index >= 15 is 0 Å². The van der Waals surface area contributed by atoms with Crippen molar-refractivity contribution in [1.29, 1.82) is 0 Å². The first-order valence-electron chi connectivity index (χ1n) is 7.42. The Bertz CT molecular complexity index is 377. The van der Waals surface area contributed by atoms with Gasteiger partial charge in [0.25, 0.3) is 0 Å². The number of benzene rings is 1. The van der Waals surface area contributed by atoms with Crippen LogP contribution in [0.4, 0.5) is 4.79 Å². The molecule has 1 aromatic rings. The Balaban J connectivity index is 2.19. The lowest BCUT2D eigenvalue weighted by molar-refractivity contribution is 0.167. The van der Waals surface area contributed by atoms with Gasteiger partial charge in [-0.1, -0.05) is 57.0 Å². The highest BCUT2D eigenvalue weighted by Gasteiger charge is 2.08. The zero-order chi connectivity index (χ0) is 14.8. The number of aliphatic hydroxyl groups excluding tert-OH is 1. The van der Waals surface area contributed by atoms with Crippen LogP contribution in [-0.4, -0.2) is 24.2 Å². The molecule has 0 aliphatic carbocycles. The van der Waals surface area contributed by atoms with Crippen LogP contribution in [0, 0.1) is 5.92 Å². The van der Waals surface area contributed by atoms with Gasteiger partial charge in [0, 0.05) is 13.1 Å². The molecule has 3 N–H and O–H groups in total. The molecule has 1 rings (SSSR count). The van der Waals surface area contributed by atoms with E-state index in [2.05, 4.69) is 24.5 Å². The summed E-state index contributed by atoms with van der Waals surface area (Å²) in [5.74, 6) is 0.538. The van der Waals surface area contributed by atoms with E-state index in [0.29, 0.717) is 25.4 Å². The van der Waals surface area contributed by atoms with Crippen LogP contribution in [0.15, 0.2) is 30.3 Å². The van der Waals surface area contributed by atoms with E-state index in [1.807, 2.05) is 30.3 Å². The topological polar surface area (TPSA) is 61.4 Å². The Hall–Kier alpha value is -1.55. The zero-order valence-electron chi connectivity index (χ0n) is 12.4. The molecule has 1 unspecified atom stereocenters. The number of aliphatic hydroxyl groups is 1. The molecule has 0 aromatic heterocycles. The predicted octanol–water partition coefficient (Wildman–Crippen LogP) is 2.85. The second kappa shape index (κ2) is 9.37. The Kier molecular flexibility index (Phi) is 7.73. The molecule has 0 fully saturated rings. The normalized spacial score (nSPS) is 12.2. The summed E-state index contributed by atoms with van der Waals surface area (Å²) in [4.78, 5) is 11.6. The summed E-state index contributed by atoms with van der Waals surface area (Å²) in [5, 5.41) is 15.6. The molecule has 4 heteroatoms. The fourth-order valence-corrected chi connectivity index (χ4v) is 2.04. The molecule has 20 heavy (non-hydrogen) atoms. The van der Waals surface area contributed by atoms with Crippen molar-refractivity contribution in [2.75, 3.05) is 13.1 Å². The molecular weight excluding hydrogens is 252 g/mol. The van der Waals surface area contributed by atoms with Gasteiger partial charge in [0.05, 0.1) is 6.10 Å². The lowest BCUT2D eigenvalue weighted by atomic mass is 10.0. The lowest BCUT2D eigenvalue weighted by Crippen LogP contribution is -2.38. The zero-order valence-corrected chi connectivity index (χ0v) is 12.4. The van der Waals surface area contributed by atoms with Gasteiger partial charge in [-0.2, -0.15) is 0 Å². The number of carbonyl (C=O) groups is 1. The molecule has 0 spiro atoms. The number of carbonyl (C=O) groups excluding carboxylic acids is 1. The van der Waals surface area contributed by atoms with Crippen molar-refractivity contribution in [3.63, 3.8) is 0 Å². The molecule has 0 heterocycles. The number of nitrogens with one attached hydrogen (secondary N) is 2. The van der Waals surface area contributed by atoms with Crippen molar-refractivity contribution in [3.05, 3.63) is 35.9 Å². The number of hydrogen-bond donors (Lipinski definition) is 3. The maximum atomic E-state index is 11.6. The van der Waals surface area contributed by atoms with Crippen LogP contribution in [0.5, 0.6) is 0 Å². The molecule has 0 bridgehead atoms. The van der Waals surface area contributed by atoms with Crippen molar-refractivity contribution in [2.45, 2.75) is 39.2 Å². The van der Waals surface area contributed by atoms with E-state index in [9.17, 15) is 9.90 Å². The summed E-state index contributed by atoms with van der Waals surface area (Å²) < 4.78 is 0. The van der Waals surface area contributed by atoms with Crippen molar-refractivity contribution < 1.29 is 9.90 Å². The van der Waals surface area contributed by atoms with Crippen LogP contribution in [0.1, 0.15) is 44.8 Å². The van der Waals surface area contributed by atoms with Crippen LogP contribution < -0.4 is 10.6 Å².